The standard InChI is InChI=1S/C20H24O2S/c1-15(2)18-10-12-19(13-11-18)16(3)14-17(4)23(21,22)20-8-6-5-7-9-20/h5-13,15-16H,4,14H2,1-3H3. The molecule has 0 spiro atoms. The fourth-order valence-corrected chi connectivity index (χ4v) is 3.86. The highest BCUT2D eigenvalue weighted by Crippen LogP contribution is 2.29. The first-order valence-corrected chi connectivity index (χ1v) is 9.38. The van der Waals surface area contributed by atoms with Crippen molar-refractivity contribution in [2.75, 3.05) is 0 Å². The highest BCUT2D eigenvalue weighted by Gasteiger charge is 2.21. The lowest BCUT2D eigenvalue weighted by molar-refractivity contribution is 0.598. The Labute approximate surface area is 139 Å². The number of sulfone groups is 1. The summed E-state index contributed by atoms with van der Waals surface area (Å²) in [4.78, 5) is 0.580. The van der Waals surface area contributed by atoms with E-state index in [1.54, 1.807) is 30.3 Å². The summed E-state index contributed by atoms with van der Waals surface area (Å²) in [6.45, 7) is 10.2. The highest BCUT2D eigenvalue weighted by atomic mass is 32.2. The summed E-state index contributed by atoms with van der Waals surface area (Å²) < 4.78 is 25.1. The van der Waals surface area contributed by atoms with Crippen molar-refractivity contribution in [1.29, 1.82) is 0 Å². The zero-order valence-electron chi connectivity index (χ0n) is 14.0. The summed E-state index contributed by atoms with van der Waals surface area (Å²) >= 11 is 0. The molecule has 3 heteroatoms. The van der Waals surface area contributed by atoms with Crippen LogP contribution in [0.3, 0.4) is 0 Å². The quantitative estimate of drug-likeness (QED) is 0.722. The van der Waals surface area contributed by atoms with Crippen molar-refractivity contribution in [2.45, 2.75) is 43.9 Å². The first kappa shape index (κ1) is 17.5. The zero-order chi connectivity index (χ0) is 17.0. The summed E-state index contributed by atoms with van der Waals surface area (Å²) in [7, 11) is -3.46. The average Bonchev–Trinajstić information content (AvgIpc) is 2.55. The van der Waals surface area contributed by atoms with Crippen molar-refractivity contribution in [2.24, 2.45) is 0 Å². The van der Waals surface area contributed by atoms with Crippen LogP contribution in [-0.4, -0.2) is 8.42 Å². The second-order valence-electron chi connectivity index (χ2n) is 6.28. The van der Waals surface area contributed by atoms with Gasteiger partial charge in [-0.2, -0.15) is 0 Å². The molecule has 122 valence electrons. The van der Waals surface area contributed by atoms with E-state index in [-0.39, 0.29) is 10.8 Å². The normalized spacial score (nSPS) is 13.0. The molecule has 2 rings (SSSR count). The van der Waals surface area contributed by atoms with E-state index in [1.807, 2.05) is 6.92 Å². The van der Waals surface area contributed by atoms with Gasteiger partial charge in [0.05, 0.1) is 4.90 Å². The molecule has 0 heterocycles. The Morgan fingerprint density at radius 1 is 0.913 bits per heavy atom. The summed E-state index contributed by atoms with van der Waals surface area (Å²) in [6, 6.07) is 16.9. The lowest BCUT2D eigenvalue weighted by atomic mass is 9.94. The maximum Gasteiger partial charge on any atom is 0.202 e. The highest BCUT2D eigenvalue weighted by molar-refractivity contribution is 7.95. The molecule has 1 atom stereocenters. The molecule has 0 N–H and O–H groups in total. The first-order chi connectivity index (χ1) is 10.8. The van der Waals surface area contributed by atoms with Crippen LogP contribution in [0.5, 0.6) is 0 Å². The molecule has 23 heavy (non-hydrogen) atoms. The summed E-state index contributed by atoms with van der Waals surface area (Å²) in [5, 5.41) is 0. The van der Waals surface area contributed by atoms with Crippen LogP contribution in [0, 0.1) is 0 Å². The number of hydrogen-bond acceptors (Lipinski definition) is 2. The van der Waals surface area contributed by atoms with Crippen LogP contribution in [0.15, 0.2) is 71.0 Å². The predicted molar refractivity (Wildman–Crippen MR) is 96.3 cm³/mol. The van der Waals surface area contributed by atoms with Gasteiger partial charge >= 0.3 is 0 Å². The van der Waals surface area contributed by atoms with Gasteiger partial charge in [-0.25, -0.2) is 8.42 Å². The van der Waals surface area contributed by atoms with Crippen LogP contribution < -0.4 is 0 Å². The fourth-order valence-electron chi connectivity index (χ4n) is 2.54. The van der Waals surface area contributed by atoms with Crippen LogP contribution in [0.4, 0.5) is 0 Å². The maximum absolute atomic E-state index is 12.5. The Bertz CT molecular complexity index is 757. The van der Waals surface area contributed by atoms with Crippen molar-refractivity contribution < 1.29 is 8.42 Å². The fraction of sp³-hybridized carbons (Fsp3) is 0.300. The van der Waals surface area contributed by atoms with E-state index in [0.29, 0.717) is 17.2 Å². The van der Waals surface area contributed by atoms with Gasteiger partial charge in [-0.3, -0.25) is 0 Å². The van der Waals surface area contributed by atoms with Crippen LogP contribution in [0.1, 0.15) is 50.2 Å². The van der Waals surface area contributed by atoms with Crippen molar-refractivity contribution in [3.05, 3.63) is 77.2 Å². The molecular formula is C20H24O2S. The van der Waals surface area contributed by atoms with E-state index in [1.165, 1.54) is 5.56 Å². The molecule has 0 aromatic heterocycles. The molecule has 2 nitrogen and oxygen atoms in total. The average molecular weight is 328 g/mol. The van der Waals surface area contributed by atoms with E-state index >= 15 is 0 Å². The Morgan fingerprint density at radius 3 is 1.96 bits per heavy atom. The summed E-state index contributed by atoms with van der Waals surface area (Å²) in [5.74, 6) is 0.606. The van der Waals surface area contributed by atoms with Crippen LogP contribution >= 0.6 is 0 Å². The van der Waals surface area contributed by atoms with Crippen molar-refractivity contribution in [3.8, 4) is 0 Å². The van der Waals surface area contributed by atoms with Gasteiger partial charge in [-0.15, -0.1) is 0 Å². The third-order valence-corrected chi connectivity index (χ3v) is 5.96. The molecule has 0 bridgehead atoms. The minimum absolute atomic E-state index is 0.113. The lowest BCUT2D eigenvalue weighted by Gasteiger charge is -2.15. The Hall–Kier alpha value is -1.87. The van der Waals surface area contributed by atoms with Crippen molar-refractivity contribution in [1.82, 2.24) is 0 Å². The molecule has 2 aromatic rings. The van der Waals surface area contributed by atoms with Gasteiger partial charge in [0, 0.05) is 4.91 Å². The monoisotopic (exact) mass is 328 g/mol. The van der Waals surface area contributed by atoms with Gasteiger partial charge in [0.2, 0.25) is 9.84 Å². The van der Waals surface area contributed by atoms with Gasteiger partial charge in [-0.05, 0) is 41.5 Å². The van der Waals surface area contributed by atoms with E-state index in [4.69, 9.17) is 0 Å². The Balaban J connectivity index is 2.13. The maximum atomic E-state index is 12.5. The van der Waals surface area contributed by atoms with Crippen molar-refractivity contribution >= 4 is 9.84 Å². The Kier molecular flexibility index (Phi) is 5.42. The van der Waals surface area contributed by atoms with Crippen LogP contribution in [0.25, 0.3) is 0 Å². The lowest BCUT2D eigenvalue weighted by Crippen LogP contribution is -2.07. The van der Waals surface area contributed by atoms with E-state index < -0.39 is 9.84 Å². The molecule has 0 aliphatic heterocycles. The number of benzene rings is 2. The van der Waals surface area contributed by atoms with E-state index in [0.717, 1.165) is 5.56 Å². The van der Waals surface area contributed by atoms with Crippen molar-refractivity contribution in [3.63, 3.8) is 0 Å². The van der Waals surface area contributed by atoms with Gasteiger partial charge in [0.25, 0.3) is 0 Å². The predicted octanol–water partition coefficient (Wildman–Crippen LogP) is 5.29. The van der Waals surface area contributed by atoms with E-state index in [2.05, 4.69) is 44.7 Å². The van der Waals surface area contributed by atoms with Crippen LogP contribution in [0.2, 0.25) is 0 Å². The van der Waals surface area contributed by atoms with Gasteiger partial charge in [0.1, 0.15) is 0 Å². The van der Waals surface area contributed by atoms with Gasteiger partial charge < -0.3 is 0 Å². The molecule has 0 aliphatic carbocycles. The second-order valence-corrected chi connectivity index (χ2v) is 8.34. The molecule has 0 amide bonds. The molecule has 0 saturated carbocycles. The molecule has 0 radical (unpaired) electrons. The molecule has 2 aromatic carbocycles. The third kappa shape index (κ3) is 4.11. The number of hydrogen-bond donors (Lipinski definition) is 0. The summed E-state index contributed by atoms with van der Waals surface area (Å²) in [5.41, 5.74) is 2.43. The number of rotatable bonds is 6. The van der Waals surface area contributed by atoms with Gasteiger partial charge in [0.15, 0.2) is 0 Å². The molecule has 0 fully saturated rings. The molecule has 1 unspecified atom stereocenters. The number of allylic oxidation sites excluding steroid dienone is 1. The van der Waals surface area contributed by atoms with Gasteiger partial charge in [-0.1, -0.05) is 69.8 Å². The molecular weight excluding hydrogens is 304 g/mol. The van der Waals surface area contributed by atoms with Crippen LogP contribution in [-0.2, 0) is 9.84 Å². The Morgan fingerprint density at radius 2 is 1.43 bits per heavy atom. The smallest absolute Gasteiger partial charge is 0.202 e. The molecule has 0 aliphatic rings. The first-order valence-electron chi connectivity index (χ1n) is 7.90. The minimum Gasteiger partial charge on any atom is -0.219 e. The molecule has 0 saturated heterocycles. The largest absolute Gasteiger partial charge is 0.219 e. The summed E-state index contributed by atoms with van der Waals surface area (Å²) in [6.07, 6.45) is 0.429. The van der Waals surface area contributed by atoms with E-state index in [9.17, 15) is 8.42 Å². The second kappa shape index (κ2) is 7.14. The minimum atomic E-state index is -3.46. The zero-order valence-corrected chi connectivity index (χ0v) is 14.8. The third-order valence-electron chi connectivity index (χ3n) is 4.14. The topological polar surface area (TPSA) is 34.1 Å². The SMILES string of the molecule is C=C(CC(C)c1ccc(C(C)C)cc1)S(=O)(=O)c1ccccc1.